The van der Waals surface area contributed by atoms with Crippen molar-refractivity contribution in [3.05, 3.63) is 50.6 Å². The summed E-state index contributed by atoms with van der Waals surface area (Å²) >= 11 is 12.9. The third-order valence-corrected chi connectivity index (χ3v) is 4.16. The van der Waals surface area contributed by atoms with E-state index in [0.717, 1.165) is 4.88 Å². The highest BCUT2D eigenvalue weighted by Crippen LogP contribution is 2.21. The normalized spacial score (nSPS) is 11.1. The number of halogens is 2. The van der Waals surface area contributed by atoms with Gasteiger partial charge in [-0.25, -0.2) is 5.43 Å². The number of hydrogen-bond acceptors (Lipinski definition) is 4. The molecule has 1 aromatic heterocycles. The lowest BCUT2D eigenvalue weighted by Gasteiger charge is -2.04. The molecule has 5 nitrogen and oxygen atoms in total. The van der Waals surface area contributed by atoms with Crippen molar-refractivity contribution in [2.24, 2.45) is 5.10 Å². The molecule has 2 rings (SSSR count). The van der Waals surface area contributed by atoms with E-state index in [0.29, 0.717) is 20.8 Å². The van der Waals surface area contributed by atoms with Crippen LogP contribution in [-0.2, 0) is 9.59 Å². The van der Waals surface area contributed by atoms with Gasteiger partial charge in [0.2, 0.25) is 0 Å². The van der Waals surface area contributed by atoms with E-state index in [-0.39, 0.29) is 0 Å². The molecule has 2 amide bonds. The predicted octanol–water partition coefficient (Wildman–Crippen LogP) is 3.53. The SMILES string of the molecule is C/C(=N/NC(=O)C(=O)Nc1ccc(Cl)cc1)c1ccc(Cl)s1. The summed E-state index contributed by atoms with van der Waals surface area (Å²) < 4.78 is 0.622. The maximum atomic E-state index is 11.7. The minimum Gasteiger partial charge on any atom is -0.318 e. The molecular weight excluding hydrogens is 345 g/mol. The van der Waals surface area contributed by atoms with Crippen LogP contribution < -0.4 is 10.7 Å². The molecule has 0 aliphatic rings. The van der Waals surface area contributed by atoms with Crippen LogP contribution in [0.2, 0.25) is 9.36 Å². The molecule has 0 unspecified atom stereocenters. The van der Waals surface area contributed by atoms with Gasteiger partial charge in [-0.2, -0.15) is 5.10 Å². The standard InChI is InChI=1S/C14H11Cl2N3O2S/c1-8(11-6-7-12(16)22-11)18-19-14(21)13(20)17-10-4-2-9(15)3-5-10/h2-7H,1H3,(H,17,20)(H,19,21)/b18-8-. The van der Waals surface area contributed by atoms with Crippen molar-refractivity contribution in [2.75, 3.05) is 5.32 Å². The number of carbonyl (C=O) groups is 2. The van der Waals surface area contributed by atoms with Gasteiger partial charge < -0.3 is 5.32 Å². The van der Waals surface area contributed by atoms with Gasteiger partial charge in [0.25, 0.3) is 0 Å². The Labute approximate surface area is 140 Å². The number of nitrogens with one attached hydrogen (secondary N) is 2. The number of rotatable bonds is 3. The molecule has 0 aliphatic heterocycles. The molecule has 0 atom stereocenters. The molecule has 2 aromatic rings. The van der Waals surface area contributed by atoms with Crippen LogP contribution in [0.15, 0.2) is 41.5 Å². The van der Waals surface area contributed by atoms with Gasteiger partial charge in [0, 0.05) is 10.7 Å². The highest BCUT2D eigenvalue weighted by molar-refractivity contribution is 7.18. The molecule has 8 heteroatoms. The van der Waals surface area contributed by atoms with E-state index in [1.807, 2.05) is 0 Å². The molecule has 0 saturated carbocycles. The molecule has 0 aliphatic carbocycles. The quantitative estimate of drug-likeness (QED) is 0.502. The first-order valence-electron chi connectivity index (χ1n) is 6.12. The summed E-state index contributed by atoms with van der Waals surface area (Å²) in [6, 6.07) is 9.92. The minimum absolute atomic E-state index is 0.468. The van der Waals surface area contributed by atoms with Gasteiger partial charge >= 0.3 is 11.8 Å². The summed E-state index contributed by atoms with van der Waals surface area (Å²) in [5, 5.41) is 6.85. The Balaban J connectivity index is 1.94. The van der Waals surface area contributed by atoms with Crippen molar-refractivity contribution in [1.29, 1.82) is 0 Å². The second-order valence-electron chi connectivity index (χ2n) is 4.20. The van der Waals surface area contributed by atoms with Gasteiger partial charge in [0.15, 0.2) is 0 Å². The molecule has 0 radical (unpaired) electrons. The monoisotopic (exact) mass is 355 g/mol. The highest BCUT2D eigenvalue weighted by Gasteiger charge is 2.13. The van der Waals surface area contributed by atoms with Crippen LogP contribution in [0.25, 0.3) is 0 Å². The van der Waals surface area contributed by atoms with Gasteiger partial charge in [0.05, 0.1) is 14.9 Å². The topological polar surface area (TPSA) is 70.6 Å². The Hall–Kier alpha value is -1.89. The largest absolute Gasteiger partial charge is 0.329 e. The van der Waals surface area contributed by atoms with E-state index in [1.165, 1.54) is 11.3 Å². The minimum atomic E-state index is -0.864. The van der Waals surface area contributed by atoms with E-state index >= 15 is 0 Å². The van der Waals surface area contributed by atoms with Crippen LogP contribution in [0.3, 0.4) is 0 Å². The zero-order chi connectivity index (χ0) is 16.1. The first kappa shape index (κ1) is 16.5. The summed E-state index contributed by atoms with van der Waals surface area (Å²) in [6.07, 6.45) is 0. The van der Waals surface area contributed by atoms with E-state index in [9.17, 15) is 9.59 Å². The average molecular weight is 356 g/mol. The zero-order valence-corrected chi connectivity index (χ0v) is 13.7. The third-order valence-electron chi connectivity index (χ3n) is 2.56. The van der Waals surface area contributed by atoms with Gasteiger partial charge in [0.1, 0.15) is 0 Å². The average Bonchev–Trinajstić information content (AvgIpc) is 2.93. The summed E-state index contributed by atoms with van der Waals surface area (Å²) in [5.74, 6) is -1.68. The molecular formula is C14H11Cl2N3O2S. The molecule has 22 heavy (non-hydrogen) atoms. The lowest BCUT2D eigenvalue weighted by molar-refractivity contribution is -0.136. The molecule has 1 aromatic carbocycles. The van der Waals surface area contributed by atoms with Crippen LogP contribution in [0.4, 0.5) is 5.69 Å². The van der Waals surface area contributed by atoms with Gasteiger partial charge in [-0.05, 0) is 43.3 Å². The molecule has 1 heterocycles. The number of carbonyl (C=O) groups excluding carboxylic acids is 2. The van der Waals surface area contributed by atoms with Crippen molar-refractivity contribution in [3.8, 4) is 0 Å². The maximum absolute atomic E-state index is 11.7. The lowest BCUT2D eigenvalue weighted by Crippen LogP contribution is -2.32. The lowest BCUT2D eigenvalue weighted by atomic mass is 10.3. The smallest absolute Gasteiger partial charge is 0.318 e. The number of benzene rings is 1. The van der Waals surface area contributed by atoms with Gasteiger partial charge in [-0.1, -0.05) is 23.2 Å². The van der Waals surface area contributed by atoms with Crippen LogP contribution in [0.1, 0.15) is 11.8 Å². The fraction of sp³-hybridized carbons (Fsp3) is 0.0714. The fourth-order valence-electron chi connectivity index (χ4n) is 1.47. The maximum Gasteiger partial charge on any atom is 0.329 e. The van der Waals surface area contributed by atoms with Crippen molar-refractivity contribution in [1.82, 2.24) is 5.43 Å². The molecule has 0 fully saturated rings. The number of hydrazone groups is 1. The number of thiophene rings is 1. The number of nitrogens with zero attached hydrogens (tertiary/aromatic N) is 1. The van der Waals surface area contributed by atoms with E-state index in [4.69, 9.17) is 23.2 Å². The van der Waals surface area contributed by atoms with Crippen LogP contribution in [0.5, 0.6) is 0 Å². The van der Waals surface area contributed by atoms with Crippen molar-refractivity contribution in [2.45, 2.75) is 6.92 Å². The van der Waals surface area contributed by atoms with Crippen LogP contribution in [-0.4, -0.2) is 17.5 Å². The van der Waals surface area contributed by atoms with Crippen molar-refractivity contribution in [3.63, 3.8) is 0 Å². The Bertz CT molecular complexity index is 726. The predicted molar refractivity (Wildman–Crippen MR) is 89.8 cm³/mol. The first-order chi connectivity index (χ1) is 10.5. The summed E-state index contributed by atoms with van der Waals surface area (Å²) in [6.45, 7) is 1.71. The second kappa shape index (κ2) is 7.40. The Morgan fingerprint density at radius 3 is 2.32 bits per heavy atom. The summed E-state index contributed by atoms with van der Waals surface area (Å²) in [5.41, 5.74) is 3.22. The Kier molecular flexibility index (Phi) is 5.54. The van der Waals surface area contributed by atoms with E-state index in [1.54, 1.807) is 43.3 Å². The fourth-order valence-corrected chi connectivity index (χ4v) is 2.58. The molecule has 0 bridgehead atoms. The van der Waals surface area contributed by atoms with E-state index < -0.39 is 11.8 Å². The zero-order valence-electron chi connectivity index (χ0n) is 11.4. The third kappa shape index (κ3) is 4.56. The van der Waals surface area contributed by atoms with Crippen molar-refractivity contribution >= 4 is 57.8 Å². The summed E-state index contributed by atoms with van der Waals surface area (Å²) in [4.78, 5) is 24.2. The van der Waals surface area contributed by atoms with Crippen molar-refractivity contribution < 1.29 is 9.59 Å². The number of amides is 2. The molecule has 0 spiro atoms. The molecule has 2 N–H and O–H groups in total. The van der Waals surface area contributed by atoms with Crippen LogP contribution >= 0.6 is 34.5 Å². The summed E-state index contributed by atoms with van der Waals surface area (Å²) in [7, 11) is 0. The number of hydrogen-bond donors (Lipinski definition) is 2. The first-order valence-corrected chi connectivity index (χ1v) is 7.70. The van der Waals surface area contributed by atoms with Gasteiger partial charge in [-0.3, -0.25) is 9.59 Å². The molecule has 0 saturated heterocycles. The second-order valence-corrected chi connectivity index (χ2v) is 6.35. The van der Waals surface area contributed by atoms with E-state index in [2.05, 4.69) is 15.8 Å². The molecule has 114 valence electrons. The van der Waals surface area contributed by atoms with Gasteiger partial charge in [-0.15, -0.1) is 11.3 Å². The Morgan fingerprint density at radius 1 is 1.05 bits per heavy atom. The Morgan fingerprint density at radius 2 is 1.73 bits per heavy atom. The van der Waals surface area contributed by atoms with Crippen LogP contribution in [0, 0.1) is 0 Å². The number of anilines is 1. The highest BCUT2D eigenvalue weighted by atomic mass is 35.5.